The fraction of sp³-hybridized carbons (Fsp3) is 0.444. The first-order chi connectivity index (χ1) is 14.1. The highest BCUT2D eigenvalue weighted by molar-refractivity contribution is 7.13. The number of ketones is 2. The van der Waals surface area contributed by atoms with E-state index in [2.05, 4.69) is 34.9 Å². The maximum absolute atomic E-state index is 12.4. The molecule has 0 saturated heterocycles. The van der Waals surface area contributed by atoms with Gasteiger partial charge in [0.1, 0.15) is 10.7 Å². The van der Waals surface area contributed by atoms with Crippen molar-refractivity contribution in [3.63, 3.8) is 0 Å². The number of ether oxygens (including phenoxy) is 2. The van der Waals surface area contributed by atoms with Crippen LogP contribution in [0, 0.1) is 0 Å². The van der Waals surface area contributed by atoms with Crippen LogP contribution in [0.1, 0.15) is 42.7 Å². The van der Waals surface area contributed by atoms with Crippen molar-refractivity contribution in [2.75, 3.05) is 13.2 Å². The van der Waals surface area contributed by atoms with Crippen LogP contribution in [0.2, 0.25) is 25.7 Å². The first-order valence-corrected chi connectivity index (χ1v) is 14.6. The largest absolute Gasteiger partial charge is 0.461 e. The van der Waals surface area contributed by atoms with Crippen LogP contribution in [0.3, 0.4) is 0 Å². The van der Waals surface area contributed by atoms with Gasteiger partial charge >= 0.3 is 12.1 Å². The predicted octanol–water partition coefficient (Wildman–Crippen LogP) is 3.41. The van der Waals surface area contributed by atoms with E-state index < -0.39 is 31.7 Å². The number of amides is 1. The van der Waals surface area contributed by atoms with Crippen molar-refractivity contribution in [3.8, 4) is 0 Å². The molecule has 1 N–H and O–H groups in total. The summed E-state index contributed by atoms with van der Waals surface area (Å²) in [4.78, 5) is 56.0. The van der Waals surface area contributed by atoms with Gasteiger partial charge in [0, 0.05) is 18.8 Å². The van der Waals surface area contributed by atoms with E-state index in [0.29, 0.717) is 11.6 Å². The molecule has 0 bridgehead atoms. The van der Waals surface area contributed by atoms with Gasteiger partial charge in [-0.2, -0.15) is 0 Å². The number of nitrogens with zero attached hydrogens (tertiary/aromatic N) is 2. The van der Waals surface area contributed by atoms with E-state index in [4.69, 9.17) is 9.47 Å². The lowest BCUT2D eigenvalue weighted by molar-refractivity contribution is 0.0520. The van der Waals surface area contributed by atoms with Crippen molar-refractivity contribution in [2.24, 2.45) is 0 Å². The van der Waals surface area contributed by atoms with Crippen molar-refractivity contribution < 1.29 is 28.7 Å². The molecule has 12 heteroatoms. The van der Waals surface area contributed by atoms with Crippen molar-refractivity contribution >= 4 is 54.4 Å². The van der Waals surface area contributed by atoms with Crippen LogP contribution in [0.15, 0.2) is 10.8 Å². The standard InChI is InChI=1S/C18H23N3O6S2Si/c1-5-26-17(24)12-10-29-16(21-12)15(23)14(22)11-9-28-13(20-11)8-19-18(25)27-6-7-30(2,3)4/h9-10H,5-8H2,1-4H3,(H,19,25). The summed E-state index contributed by atoms with van der Waals surface area (Å²) in [5.41, 5.74) is -0.0596. The van der Waals surface area contributed by atoms with Crippen LogP contribution in [0.4, 0.5) is 4.79 Å². The zero-order chi connectivity index (χ0) is 22.3. The molecule has 0 saturated carbocycles. The third-order valence-electron chi connectivity index (χ3n) is 3.64. The number of hydrogen-bond donors (Lipinski definition) is 1. The molecule has 0 aliphatic carbocycles. The molecule has 9 nitrogen and oxygen atoms in total. The molecule has 2 rings (SSSR count). The smallest absolute Gasteiger partial charge is 0.407 e. The van der Waals surface area contributed by atoms with Gasteiger partial charge in [0.2, 0.25) is 0 Å². The first kappa shape index (κ1) is 23.8. The zero-order valence-electron chi connectivity index (χ0n) is 17.1. The van der Waals surface area contributed by atoms with E-state index in [1.165, 1.54) is 10.8 Å². The van der Waals surface area contributed by atoms with Gasteiger partial charge in [0.25, 0.3) is 11.6 Å². The van der Waals surface area contributed by atoms with Gasteiger partial charge in [0.05, 0.1) is 19.8 Å². The fourth-order valence-electron chi connectivity index (χ4n) is 2.04. The summed E-state index contributed by atoms with van der Waals surface area (Å²) in [7, 11) is -1.28. The Bertz CT molecular complexity index is 934. The number of carbonyl (C=O) groups excluding carboxylic acids is 4. The number of aromatic nitrogens is 2. The molecule has 1 amide bonds. The second kappa shape index (κ2) is 10.5. The summed E-state index contributed by atoms with van der Waals surface area (Å²) in [5, 5.41) is 5.72. The average molecular weight is 470 g/mol. The van der Waals surface area contributed by atoms with Crippen LogP contribution >= 0.6 is 22.7 Å². The minimum absolute atomic E-state index is 0.0196. The molecule has 0 aliphatic heterocycles. The molecule has 2 heterocycles. The van der Waals surface area contributed by atoms with E-state index in [9.17, 15) is 19.2 Å². The van der Waals surface area contributed by atoms with Crippen molar-refractivity contribution in [3.05, 3.63) is 32.2 Å². The summed E-state index contributed by atoms with van der Waals surface area (Å²) in [6.45, 7) is 8.84. The van der Waals surface area contributed by atoms with E-state index in [1.54, 1.807) is 6.92 Å². The third kappa shape index (κ3) is 7.11. The number of esters is 1. The quantitative estimate of drug-likeness (QED) is 0.243. The van der Waals surface area contributed by atoms with Crippen LogP contribution in [-0.2, 0) is 16.0 Å². The Hall–Kier alpha value is -2.44. The minimum Gasteiger partial charge on any atom is -0.461 e. The van der Waals surface area contributed by atoms with Gasteiger partial charge in [-0.25, -0.2) is 19.6 Å². The maximum Gasteiger partial charge on any atom is 0.407 e. The Morgan fingerprint density at radius 3 is 2.37 bits per heavy atom. The van der Waals surface area contributed by atoms with E-state index in [0.717, 1.165) is 28.7 Å². The first-order valence-electron chi connectivity index (χ1n) is 9.17. The number of hydrogen-bond acceptors (Lipinski definition) is 10. The molecule has 0 unspecified atom stereocenters. The van der Waals surface area contributed by atoms with Crippen LogP contribution in [-0.4, -0.2) is 54.9 Å². The number of nitrogens with one attached hydrogen (secondary N) is 1. The molecule has 30 heavy (non-hydrogen) atoms. The highest BCUT2D eigenvalue weighted by Gasteiger charge is 2.25. The molecule has 0 fully saturated rings. The van der Waals surface area contributed by atoms with Crippen molar-refractivity contribution in [2.45, 2.75) is 39.2 Å². The predicted molar refractivity (Wildman–Crippen MR) is 115 cm³/mol. The van der Waals surface area contributed by atoms with Gasteiger partial charge < -0.3 is 14.8 Å². The van der Waals surface area contributed by atoms with Crippen molar-refractivity contribution in [1.82, 2.24) is 15.3 Å². The average Bonchev–Trinajstić information content (AvgIpc) is 3.34. The molecule has 0 aliphatic rings. The minimum atomic E-state index is -1.28. The second-order valence-corrected chi connectivity index (χ2v) is 14.8. The summed E-state index contributed by atoms with van der Waals surface area (Å²) < 4.78 is 9.94. The molecule has 0 aromatic carbocycles. The van der Waals surface area contributed by atoms with E-state index >= 15 is 0 Å². The van der Waals surface area contributed by atoms with E-state index in [1.807, 2.05) is 0 Å². The summed E-state index contributed by atoms with van der Waals surface area (Å²) in [6, 6.07) is 0.868. The zero-order valence-corrected chi connectivity index (χ0v) is 19.8. The summed E-state index contributed by atoms with van der Waals surface area (Å²) in [5.74, 6) is -2.34. The Morgan fingerprint density at radius 1 is 1.00 bits per heavy atom. The number of rotatable bonds is 10. The van der Waals surface area contributed by atoms with Gasteiger partial charge in [-0.05, 0) is 13.0 Å². The van der Waals surface area contributed by atoms with Gasteiger partial charge in [0.15, 0.2) is 10.7 Å². The van der Waals surface area contributed by atoms with Crippen LogP contribution in [0.25, 0.3) is 0 Å². The Balaban J connectivity index is 1.89. The van der Waals surface area contributed by atoms with Gasteiger partial charge in [-0.1, -0.05) is 19.6 Å². The van der Waals surface area contributed by atoms with Gasteiger partial charge in [-0.3, -0.25) is 9.59 Å². The van der Waals surface area contributed by atoms with Crippen molar-refractivity contribution in [1.29, 1.82) is 0 Å². The number of thiazole rings is 2. The number of carbonyl (C=O) groups is 4. The van der Waals surface area contributed by atoms with Gasteiger partial charge in [-0.15, -0.1) is 22.7 Å². The monoisotopic (exact) mass is 469 g/mol. The lowest BCUT2D eigenvalue weighted by Crippen LogP contribution is -2.27. The van der Waals surface area contributed by atoms with E-state index in [-0.39, 0.29) is 29.5 Å². The Labute approximate surface area is 182 Å². The molecular formula is C18H23N3O6S2Si. The third-order valence-corrected chi connectivity index (χ3v) is 7.04. The molecule has 162 valence electrons. The molecular weight excluding hydrogens is 446 g/mol. The lowest BCUT2D eigenvalue weighted by Gasteiger charge is -2.15. The SMILES string of the molecule is CCOC(=O)c1csc(C(=O)C(=O)c2csc(CNC(=O)OCC[Si](C)(C)C)n2)n1. The Kier molecular flexibility index (Phi) is 8.38. The summed E-state index contributed by atoms with van der Waals surface area (Å²) in [6.07, 6.45) is -0.554. The highest BCUT2D eigenvalue weighted by Crippen LogP contribution is 2.16. The maximum atomic E-state index is 12.4. The normalized spacial score (nSPS) is 11.1. The molecule has 2 aromatic heterocycles. The molecule has 0 radical (unpaired) electrons. The summed E-state index contributed by atoms with van der Waals surface area (Å²) >= 11 is 2.03. The number of Topliss-reactive ketones (excluding diaryl/α,β-unsaturated/α-hetero) is 2. The van der Waals surface area contributed by atoms with Crippen LogP contribution < -0.4 is 5.32 Å². The highest BCUT2D eigenvalue weighted by atomic mass is 32.1. The van der Waals surface area contributed by atoms with Crippen LogP contribution in [0.5, 0.6) is 0 Å². The molecule has 0 spiro atoms. The topological polar surface area (TPSA) is 125 Å². The fourth-order valence-corrected chi connectivity index (χ4v) is 4.19. The second-order valence-electron chi connectivity index (χ2n) is 7.34. The Morgan fingerprint density at radius 2 is 1.70 bits per heavy atom. The lowest BCUT2D eigenvalue weighted by atomic mass is 10.2. The molecule has 0 atom stereocenters. The molecule has 2 aromatic rings. The number of alkyl carbamates (subject to hydrolysis) is 1.